The van der Waals surface area contributed by atoms with Crippen LogP contribution in [-0.2, 0) is 21.7 Å². The Kier molecular flexibility index (Phi) is 17.1. The van der Waals surface area contributed by atoms with E-state index in [4.69, 9.17) is 5.73 Å². The molecule has 1 atom stereocenters. The Morgan fingerprint density at radius 1 is 1.13 bits per heavy atom. The molecule has 0 aromatic heterocycles. The molecule has 0 aliphatic heterocycles. The molecule has 1 aliphatic carbocycles. The predicted octanol–water partition coefficient (Wildman–Crippen LogP) is 0.0825. The molecule has 0 saturated heterocycles. The van der Waals surface area contributed by atoms with Crippen LogP contribution in [0.5, 0.6) is 0 Å². The van der Waals surface area contributed by atoms with Crippen LogP contribution in [0.2, 0.25) is 0 Å². The number of benzene rings is 1. The van der Waals surface area contributed by atoms with Gasteiger partial charge < -0.3 is 30.5 Å². The molecule has 0 amide bonds. The first-order valence-corrected chi connectivity index (χ1v) is 7.48. The zero-order valence-corrected chi connectivity index (χ0v) is 17.6. The number of unbranched alkanes of at least 4 members (excludes halogenated alkanes) is 1. The van der Waals surface area contributed by atoms with Crippen LogP contribution in [0.1, 0.15) is 51.7 Å². The maximum atomic E-state index is 6.60. The standard InChI is InChI=1S/C15H17.C4H10N.2ClH.Ti/c1-10-7-5-6-8-14(10)15-12(3)9-11(2)13(15)4;1-2-3-4-5;;;/h5-9,12H,1H2,2-4H3;5H,2-4H2,1H3;2*1H;/q2*-1;;;+2/p-2. The quantitative estimate of drug-likeness (QED) is 0.518. The van der Waals surface area contributed by atoms with E-state index in [1.807, 2.05) is 6.07 Å². The van der Waals surface area contributed by atoms with Gasteiger partial charge in [0.15, 0.2) is 0 Å². The average molecular weight is 388 g/mol. The van der Waals surface area contributed by atoms with Gasteiger partial charge in [0.1, 0.15) is 0 Å². The molecule has 128 valence electrons. The molecule has 1 unspecified atom stereocenters. The van der Waals surface area contributed by atoms with Gasteiger partial charge in [-0.25, -0.2) is 0 Å². The maximum Gasteiger partial charge on any atom is 2.00 e. The summed E-state index contributed by atoms with van der Waals surface area (Å²) >= 11 is 0. The van der Waals surface area contributed by atoms with Crippen molar-refractivity contribution >= 4 is 5.57 Å². The number of hydrogen-bond donors (Lipinski definition) is 0. The molecule has 0 radical (unpaired) electrons. The Morgan fingerprint density at radius 3 is 2.04 bits per heavy atom. The Morgan fingerprint density at radius 2 is 1.70 bits per heavy atom. The maximum absolute atomic E-state index is 6.60. The van der Waals surface area contributed by atoms with Crippen molar-refractivity contribution in [2.75, 3.05) is 6.54 Å². The number of hydrogen-bond acceptors (Lipinski definition) is 0. The van der Waals surface area contributed by atoms with Gasteiger partial charge in [-0.3, -0.25) is 0 Å². The number of nitrogens with one attached hydrogen (secondary N) is 1. The van der Waals surface area contributed by atoms with Gasteiger partial charge >= 0.3 is 21.7 Å². The van der Waals surface area contributed by atoms with Crippen LogP contribution in [-0.4, -0.2) is 6.54 Å². The molecule has 1 nitrogen and oxygen atoms in total. The van der Waals surface area contributed by atoms with Crippen molar-refractivity contribution in [2.24, 2.45) is 5.92 Å². The van der Waals surface area contributed by atoms with E-state index in [1.165, 1.54) is 22.3 Å². The van der Waals surface area contributed by atoms with Gasteiger partial charge in [0.2, 0.25) is 0 Å². The molecule has 0 saturated carbocycles. The normalized spacial score (nSPS) is 15.3. The summed E-state index contributed by atoms with van der Waals surface area (Å²) in [6.45, 7) is 13.4. The summed E-state index contributed by atoms with van der Waals surface area (Å²) in [4.78, 5) is 0. The van der Waals surface area contributed by atoms with Gasteiger partial charge in [-0.1, -0.05) is 55.6 Å². The molecule has 0 bridgehead atoms. The summed E-state index contributed by atoms with van der Waals surface area (Å²) in [5.41, 5.74) is 13.3. The zero-order valence-electron chi connectivity index (χ0n) is 14.5. The summed E-state index contributed by atoms with van der Waals surface area (Å²) in [7, 11) is 0. The van der Waals surface area contributed by atoms with Crippen molar-refractivity contribution in [3.63, 3.8) is 0 Å². The third kappa shape index (κ3) is 7.96. The van der Waals surface area contributed by atoms with Gasteiger partial charge in [-0.05, 0) is 19.8 Å². The Balaban J connectivity index is -0.000000444. The van der Waals surface area contributed by atoms with Crippen LogP contribution in [0.3, 0.4) is 0 Å². The summed E-state index contributed by atoms with van der Waals surface area (Å²) in [6.07, 6.45) is 4.54. The SMILES string of the molecule is CCCC[NH-].[CH2-]c1ccccc1C1=C(C)C(C)=CC1C.[Cl-].[Cl-].[Ti+2]. The fourth-order valence-corrected chi connectivity index (χ4v) is 2.54. The third-order valence-corrected chi connectivity index (χ3v) is 3.79. The molecule has 1 aliphatic rings. The first-order chi connectivity index (χ1) is 9.52. The number of allylic oxidation sites excluding steroid dienone is 4. The summed E-state index contributed by atoms with van der Waals surface area (Å²) in [6, 6.07) is 8.38. The van der Waals surface area contributed by atoms with E-state index in [0.717, 1.165) is 18.4 Å². The summed E-state index contributed by atoms with van der Waals surface area (Å²) in [5, 5.41) is 0. The summed E-state index contributed by atoms with van der Waals surface area (Å²) in [5.74, 6) is 0.521. The second-order valence-electron chi connectivity index (χ2n) is 5.44. The van der Waals surface area contributed by atoms with E-state index in [9.17, 15) is 0 Å². The van der Waals surface area contributed by atoms with E-state index in [1.54, 1.807) is 0 Å². The van der Waals surface area contributed by atoms with Crippen molar-refractivity contribution in [1.82, 2.24) is 0 Å². The van der Waals surface area contributed by atoms with Gasteiger partial charge in [0, 0.05) is 0 Å². The molecule has 1 N–H and O–H groups in total. The molecular weight excluding hydrogens is 361 g/mol. The molecule has 1 aromatic rings. The fraction of sp³-hybridized carbons (Fsp3) is 0.421. The van der Waals surface area contributed by atoms with E-state index in [-0.39, 0.29) is 46.5 Å². The van der Waals surface area contributed by atoms with Crippen LogP contribution in [0.4, 0.5) is 0 Å². The van der Waals surface area contributed by atoms with Crippen LogP contribution < -0.4 is 24.8 Å². The van der Waals surface area contributed by atoms with Crippen LogP contribution in [0.25, 0.3) is 11.3 Å². The molecule has 23 heavy (non-hydrogen) atoms. The van der Waals surface area contributed by atoms with E-state index in [0.29, 0.717) is 12.5 Å². The van der Waals surface area contributed by atoms with Gasteiger partial charge in [0.05, 0.1) is 0 Å². The van der Waals surface area contributed by atoms with Crippen molar-refractivity contribution < 1.29 is 46.5 Å². The first-order valence-electron chi connectivity index (χ1n) is 7.48. The Labute approximate surface area is 169 Å². The van der Waals surface area contributed by atoms with Gasteiger partial charge in [-0.15, -0.1) is 17.7 Å². The monoisotopic (exact) mass is 387 g/mol. The molecule has 0 fully saturated rings. The van der Waals surface area contributed by atoms with Crippen LogP contribution >= 0.6 is 0 Å². The smallest absolute Gasteiger partial charge is 1.00 e. The predicted molar refractivity (Wildman–Crippen MR) is 90.5 cm³/mol. The second-order valence-corrected chi connectivity index (χ2v) is 5.44. The van der Waals surface area contributed by atoms with Gasteiger partial charge in [0.25, 0.3) is 0 Å². The average Bonchev–Trinajstić information content (AvgIpc) is 2.66. The van der Waals surface area contributed by atoms with E-state index in [2.05, 4.69) is 58.9 Å². The van der Waals surface area contributed by atoms with Crippen LogP contribution in [0, 0.1) is 12.8 Å². The van der Waals surface area contributed by atoms with Crippen molar-refractivity contribution in [3.05, 3.63) is 65.3 Å². The van der Waals surface area contributed by atoms with Gasteiger partial charge in [-0.2, -0.15) is 25.1 Å². The molecular formula is C19H27Cl2NTi-2. The molecule has 0 spiro atoms. The van der Waals surface area contributed by atoms with Crippen molar-refractivity contribution in [2.45, 2.75) is 40.5 Å². The van der Waals surface area contributed by atoms with Crippen molar-refractivity contribution in [1.29, 1.82) is 0 Å². The number of halogens is 2. The minimum Gasteiger partial charge on any atom is -1.00 e. The van der Waals surface area contributed by atoms with E-state index < -0.39 is 0 Å². The Hall–Kier alpha value is -0.176. The minimum atomic E-state index is 0. The second kappa shape index (κ2) is 14.2. The fourth-order valence-electron chi connectivity index (χ4n) is 2.54. The molecule has 2 rings (SSSR count). The van der Waals surface area contributed by atoms with Crippen LogP contribution in [0.15, 0.2) is 41.5 Å². The Bertz CT molecular complexity index is 508. The topological polar surface area (TPSA) is 23.8 Å². The molecule has 1 aromatic carbocycles. The third-order valence-electron chi connectivity index (χ3n) is 3.79. The van der Waals surface area contributed by atoms with E-state index >= 15 is 0 Å². The zero-order chi connectivity index (χ0) is 15.1. The minimum absolute atomic E-state index is 0. The summed E-state index contributed by atoms with van der Waals surface area (Å²) < 4.78 is 0. The molecule has 4 heteroatoms. The molecule has 0 heterocycles. The largest absolute Gasteiger partial charge is 2.00 e. The first kappa shape index (κ1) is 27.7. The number of rotatable bonds is 3. The van der Waals surface area contributed by atoms with Crippen molar-refractivity contribution in [3.8, 4) is 0 Å².